The summed E-state index contributed by atoms with van der Waals surface area (Å²) in [6.45, 7) is 5.09. The third kappa shape index (κ3) is 4.53. The molecule has 4 nitrogen and oxygen atoms in total. The van der Waals surface area contributed by atoms with Gasteiger partial charge in [0, 0.05) is 24.2 Å². The molecule has 1 aliphatic rings. The van der Waals surface area contributed by atoms with Crippen molar-refractivity contribution in [1.82, 2.24) is 10.2 Å². The number of ether oxygens (including phenoxy) is 2. The molecule has 0 spiro atoms. The molecule has 2 rings (SSSR count). The highest BCUT2D eigenvalue weighted by atomic mass is 32.1. The van der Waals surface area contributed by atoms with Crippen LogP contribution in [0.3, 0.4) is 0 Å². The third-order valence-electron chi connectivity index (χ3n) is 4.83. The second-order valence-electron chi connectivity index (χ2n) is 6.48. The minimum absolute atomic E-state index is 0.383. The highest BCUT2D eigenvalue weighted by molar-refractivity contribution is 7.80. The van der Waals surface area contributed by atoms with E-state index >= 15 is 0 Å². The van der Waals surface area contributed by atoms with Gasteiger partial charge in [0.15, 0.2) is 16.6 Å². The fourth-order valence-corrected chi connectivity index (χ4v) is 3.65. The standard InChI is InChI=1S/C19H30N2O2S/c1-5-14(2)20-19(24)21(16-10-6-7-11-16)13-15-9-8-12-17(22-3)18(15)23-4/h8-9,12,14,16H,5-7,10-11,13H2,1-4H3,(H,20,24). The summed E-state index contributed by atoms with van der Waals surface area (Å²) in [6.07, 6.45) is 6.02. The minimum Gasteiger partial charge on any atom is -0.493 e. The van der Waals surface area contributed by atoms with Gasteiger partial charge in [-0.3, -0.25) is 0 Å². The van der Waals surface area contributed by atoms with Crippen molar-refractivity contribution in [2.45, 2.75) is 64.6 Å². The Morgan fingerprint density at radius 1 is 1.29 bits per heavy atom. The van der Waals surface area contributed by atoms with Crippen LogP contribution in [-0.2, 0) is 6.54 Å². The first kappa shape index (κ1) is 18.8. The average Bonchev–Trinajstić information content (AvgIpc) is 3.12. The van der Waals surface area contributed by atoms with Gasteiger partial charge in [0.2, 0.25) is 0 Å². The molecule has 1 saturated carbocycles. The van der Waals surface area contributed by atoms with Crippen LogP contribution >= 0.6 is 12.2 Å². The summed E-state index contributed by atoms with van der Waals surface area (Å²) in [5.41, 5.74) is 1.11. The van der Waals surface area contributed by atoms with Crippen LogP contribution < -0.4 is 14.8 Å². The number of nitrogens with zero attached hydrogens (tertiary/aromatic N) is 1. The lowest BCUT2D eigenvalue weighted by Gasteiger charge is -2.33. The Morgan fingerprint density at radius 3 is 2.58 bits per heavy atom. The molecule has 1 N–H and O–H groups in total. The van der Waals surface area contributed by atoms with Crippen molar-refractivity contribution < 1.29 is 9.47 Å². The quantitative estimate of drug-likeness (QED) is 0.748. The molecule has 134 valence electrons. The molecule has 1 aromatic rings. The van der Waals surface area contributed by atoms with Gasteiger partial charge in [0.25, 0.3) is 0 Å². The molecule has 5 heteroatoms. The van der Waals surface area contributed by atoms with Gasteiger partial charge in [-0.05, 0) is 44.5 Å². The summed E-state index contributed by atoms with van der Waals surface area (Å²) in [6, 6.07) is 6.92. The van der Waals surface area contributed by atoms with Crippen molar-refractivity contribution in [2.75, 3.05) is 14.2 Å². The van der Waals surface area contributed by atoms with Crippen LogP contribution in [0.15, 0.2) is 18.2 Å². The number of hydrogen-bond acceptors (Lipinski definition) is 3. The van der Waals surface area contributed by atoms with Crippen LogP contribution in [0.2, 0.25) is 0 Å². The fraction of sp³-hybridized carbons (Fsp3) is 0.632. The van der Waals surface area contributed by atoms with Gasteiger partial charge in [-0.25, -0.2) is 0 Å². The number of benzene rings is 1. The van der Waals surface area contributed by atoms with Gasteiger partial charge in [-0.1, -0.05) is 31.9 Å². The van der Waals surface area contributed by atoms with E-state index in [1.165, 1.54) is 25.7 Å². The smallest absolute Gasteiger partial charge is 0.169 e. The second kappa shape index (κ2) is 9.11. The Labute approximate surface area is 151 Å². The van der Waals surface area contributed by atoms with Gasteiger partial charge in [0.05, 0.1) is 14.2 Å². The Morgan fingerprint density at radius 2 is 2.00 bits per heavy atom. The molecule has 0 aromatic heterocycles. The number of methoxy groups -OCH3 is 2. The summed E-state index contributed by atoms with van der Waals surface area (Å²) in [4.78, 5) is 2.34. The van der Waals surface area contributed by atoms with Crippen molar-refractivity contribution in [3.8, 4) is 11.5 Å². The van der Waals surface area contributed by atoms with Gasteiger partial charge in [-0.15, -0.1) is 0 Å². The van der Waals surface area contributed by atoms with Gasteiger partial charge in [0.1, 0.15) is 0 Å². The summed E-state index contributed by atoms with van der Waals surface area (Å²) in [5.74, 6) is 1.57. The molecule has 0 bridgehead atoms. The number of rotatable bonds is 7. The third-order valence-corrected chi connectivity index (χ3v) is 5.19. The van der Waals surface area contributed by atoms with Crippen LogP contribution in [-0.4, -0.2) is 36.3 Å². The largest absolute Gasteiger partial charge is 0.493 e. The van der Waals surface area contributed by atoms with E-state index in [1.54, 1.807) is 14.2 Å². The summed E-state index contributed by atoms with van der Waals surface area (Å²) < 4.78 is 11.0. The maximum absolute atomic E-state index is 5.74. The molecule has 1 atom stereocenters. The maximum Gasteiger partial charge on any atom is 0.169 e. The Kier molecular flexibility index (Phi) is 7.16. The fourth-order valence-electron chi connectivity index (χ4n) is 3.24. The van der Waals surface area contributed by atoms with Crippen LogP contribution in [0.1, 0.15) is 51.5 Å². The van der Waals surface area contributed by atoms with E-state index in [2.05, 4.69) is 30.1 Å². The molecule has 0 heterocycles. The molecule has 1 aromatic carbocycles. The van der Waals surface area contributed by atoms with Crippen LogP contribution in [0.25, 0.3) is 0 Å². The van der Waals surface area contributed by atoms with Crippen LogP contribution in [0.4, 0.5) is 0 Å². The van der Waals surface area contributed by atoms with Gasteiger partial charge < -0.3 is 19.7 Å². The average molecular weight is 351 g/mol. The number of hydrogen-bond donors (Lipinski definition) is 1. The highest BCUT2D eigenvalue weighted by Crippen LogP contribution is 2.33. The predicted octanol–water partition coefficient (Wildman–Crippen LogP) is 4.12. The predicted molar refractivity (Wildman–Crippen MR) is 103 cm³/mol. The van der Waals surface area contributed by atoms with Crippen molar-refractivity contribution in [2.24, 2.45) is 0 Å². The lowest BCUT2D eigenvalue weighted by molar-refractivity contribution is 0.290. The summed E-state index contributed by atoms with van der Waals surface area (Å²) >= 11 is 5.74. The first-order valence-corrected chi connectivity index (χ1v) is 9.28. The maximum atomic E-state index is 5.74. The first-order chi connectivity index (χ1) is 11.6. The summed E-state index contributed by atoms with van der Waals surface area (Å²) in [5, 5.41) is 4.33. The van der Waals surface area contributed by atoms with E-state index in [9.17, 15) is 0 Å². The van der Waals surface area contributed by atoms with E-state index < -0.39 is 0 Å². The molecule has 0 aliphatic heterocycles. The molecule has 1 unspecified atom stereocenters. The van der Waals surface area contributed by atoms with Crippen molar-refractivity contribution >= 4 is 17.3 Å². The molecule has 0 amide bonds. The van der Waals surface area contributed by atoms with Crippen molar-refractivity contribution in [3.63, 3.8) is 0 Å². The highest BCUT2D eigenvalue weighted by Gasteiger charge is 2.26. The van der Waals surface area contributed by atoms with Crippen molar-refractivity contribution in [1.29, 1.82) is 0 Å². The summed E-state index contributed by atoms with van der Waals surface area (Å²) in [7, 11) is 3.36. The normalized spacial score (nSPS) is 15.8. The molecule has 0 saturated heterocycles. The van der Waals surface area contributed by atoms with Crippen molar-refractivity contribution in [3.05, 3.63) is 23.8 Å². The molecular weight excluding hydrogens is 320 g/mol. The van der Waals surface area contributed by atoms with E-state index in [1.807, 2.05) is 12.1 Å². The number of thiocarbonyl (C=S) groups is 1. The second-order valence-corrected chi connectivity index (χ2v) is 6.86. The van der Waals surface area contributed by atoms with Crippen LogP contribution in [0, 0.1) is 0 Å². The SMILES string of the molecule is CCC(C)NC(=S)N(Cc1cccc(OC)c1OC)C1CCCC1. The molecule has 24 heavy (non-hydrogen) atoms. The number of nitrogens with one attached hydrogen (secondary N) is 1. The molecule has 1 fully saturated rings. The Balaban J connectivity index is 2.23. The van der Waals surface area contributed by atoms with Gasteiger partial charge in [-0.2, -0.15) is 0 Å². The molecule has 0 radical (unpaired) electrons. The lowest BCUT2D eigenvalue weighted by atomic mass is 10.1. The topological polar surface area (TPSA) is 33.7 Å². The first-order valence-electron chi connectivity index (χ1n) is 8.87. The monoisotopic (exact) mass is 350 g/mol. The zero-order chi connectivity index (χ0) is 17.5. The lowest BCUT2D eigenvalue weighted by Crippen LogP contribution is -2.47. The zero-order valence-electron chi connectivity index (χ0n) is 15.3. The van der Waals surface area contributed by atoms with E-state index in [4.69, 9.17) is 21.7 Å². The Hall–Kier alpha value is -1.49. The van der Waals surface area contributed by atoms with E-state index in [-0.39, 0.29) is 0 Å². The zero-order valence-corrected chi connectivity index (χ0v) is 16.1. The number of para-hydroxylation sites is 1. The minimum atomic E-state index is 0.383. The van der Waals surface area contributed by atoms with Crippen LogP contribution in [0.5, 0.6) is 11.5 Å². The molecule has 1 aliphatic carbocycles. The van der Waals surface area contributed by atoms with E-state index in [0.29, 0.717) is 12.1 Å². The Bertz CT molecular complexity index is 544. The van der Waals surface area contributed by atoms with E-state index in [0.717, 1.165) is 35.1 Å². The van der Waals surface area contributed by atoms with Gasteiger partial charge >= 0.3 is 0 Å². The molecular formula is C19H30N2O2S.